The molecule has 4 aromatic rings. The smallest absolute Gasteiger partial charge is 0.260 e. The minimum absolute atomic E-state index is 0.302. The summed E-state index contributed by atoms with van der Waals surface area (Å²) >= 11 is 6.21. The Hall–Kier alpha value is -3.12. The van der Waals surface area contributed by atoms with Gasteiger partial charge in [-0.25, -0.2) is 4.98 Å². The third kappa shape index (κ3) is 2.74. The van der Waals surface area contributed by atoms with Gasteiger partial charge in [0.25, 0.3) is 5.91 Å². The van der Waals surface area contributed by atoms with Gasteiger partial charge in [0.1, 0.15) is 11.0 Å². The third-order valence-corrected chi connectivity index (χ3v) is 4.63. The van der Waals surface area contributed by atoms with Gasteiger partial charge in [0.2, 0.25) is 0 Å². The molecule has 0 unspecified atom stereocenters. The average Bonchev–Trinajstić information content (AvgIpc) is 3.16. The summed E-state index contributed by atoms with van der Waals surface area (Å²) in [6, 6.07) is 15.3. The highest BCUT2D eigenvalue weighted by atomic mass is 35.5. The Labute approximate surface area is 154 Å². The first-order chi connectivity index (χ1) is 12.5. The summed E-state index contributed by atoms with van der Waals surface area (Å²) in [5.74, 6) is 0.389. The Morgan fingerprint density at radius 2 is 1.88 bits per heavy atom. The molecule has 0 saturated heterocycles. The molecule has 1 amide bonds. The van der Waals surface area contributed by atoms with E-state index >= 15 is 0 Å². The molecule has 0 fully saturated rings. The zero-order valence-electron chi connectivity index (χ0n) is 14.2. The van der Waals surface area contributed by atoms with Crippen molar-refractivity contribution in [3.63, 3.8) is 0 Å². The van der Waals surface area contributed by atoms with Crippen molar-refractivity contribution in [1.29, 1.82) is 0 Å². The van der Waals surface area contributed by atoms with E-state index in [2.05, 4.69) is 20.4 Å². The van der Waals surface area contributed by atoms with Crippen molar-refractivity contribution in [1.82, 2.24) is 19.7 Å². The van der Waals surface area contributed by atoms with E-state index in [0.717, 1.165) is 16.6 Å². The third-order valence-electron chi connectivity index (χ3n) is 4.20. The van der Waals surface area contributed by atoms with Gasteiger partial charge in [-0.15, -0.1) is 0 Å². The lowest BCUT2D eigenvalue weighted by molar-refractivity contribution is 0.102. The number of rotatable bonds is 3. The minimum atomic E-state index is -0.302. The molecular formula is C19H16ClN5O. The Bertz CT molecular complexity index is 1100. The number of carbonyl (C=O) groups is 1. The van der Waals surface area contributed by atoms with Crippen LogP contribution in [-0.2, 0) is 7.05 Å². The van der Waals surface area contributed by atoms with Crippen molar-refractivity contribution in [3.8, 4) is 11.4 Å². The van der Waals surface area contributed by atoms with Gasteiger partial charge in [-0.05, 0) is 31.2 Å². The van der Waals surface area contributed by atoms with E-state index in [-0.39, 0.29) is 5.91 Å². The maximum Gasteiger partial charge on any atom is 0.260 e. The van der Waals surface area contributed by atoms with Crippen molar-refractivity contribution in [2.75, 3.05) is 5.32 Å². The van der Waals surface area contributed by atoms with E-state index in [1.54, 1.807) is 14.0 Å². The number of amides is 1. The highest BCUT2D eigenvalue weighted by Crippen LogP contribution is 2.29. The standard InChI is InChI=1S/C19H16ClN5O/c1-11-16(17(20)25(2)24-11)19(26)23-13-8-4-3-7-12(13)18-21-14-9-5-6-10-15(14)22-18/h3-10H,1-2H3,(H,21,22)(H,23,26). The second-order valence-electron chi connectivity index (χ2n) is 5.98. The normalized spacial score (nSPS) is 11.0. The number of H-pyrrole nitrogens is 1. The molecule has 0 atom stereocenters. The highest BCUT2D eigenvalue weighted by Gasteiger charge is 2.20. The number of benzene rings is 2. The number of para-hydroxylation sites is 3. The van der Waals surface area contributed by atoms with Crippen LogP contribution >= 0.6 is 11.6 Å². The van der Waals surface area contributed by atoms with Gasteiger partial charge in [0.05, 0.1) is 28.0 Å². The van der Waals surface area contributed by atoms with Crippen LogP contribution in [0.4, 0.5) is 5.69 Å². The van der Waals surface area contributed by atoms with Crippen LogP contribution in [0.2, 0.25) is 5.15 Å². The maximum absolute atomic E-state index is 12.7. The molecule has 26 heavy (non-hydrogen) atoms. The summed E-state index contributed by atoms with van der Waals surface area (Å²) in [6.45, 7) is 1.76. The second kappa shape index (κ2) is 6.31. The lowest BCUT2D eigenvalue weighted by Crippen LogP contribution is -2.14. The zero-order chi connectivity index (χ0) is 18.3. The van der Waals surface area contributed by atoms with Gasteiger partial charge in [-0.3, -0.25) is 9.48 Å². The molecule has 0 aliphatic heterocycles. The van der Waals surface area contributed by atoms with Crippen molar-refractivity contribution in [3.05, 3.63) is 64.9 Å². The number of imidazole rings is 1. The predicted molar refractivity (Wildman–Crippen MR) is 102 cm³/mol. The number of halogens is 1. The molecule has 0 aliphatic carbocycles. The van der Waals surface area contributed by atoms with Gasteiger partial charge in [-0.1, -0.05) is 35.9 Å². The first-order valence-electron chi connectivity index (χ1n) is 8.09. The number of aromatic nitrogens is 4. The van der Waals surface area contributed by atoms with Gasteiger partial charge < -0.3 is 10.3 Å². The van der Waals surface area contributed by atoms with Crippen LogP contribution in [0.15, 0.2) is 48.5 Å². The molecular weight excluding hydrogens is 350 g/mol. The van der Waals surface area contributed by atoms with Crippen LogP contribution in [0, 0.1) is 6.92 Å². The zero-order valence-corrected chi connectivity index (χ0v) is 15.0. The molecule has 130 valence electrons. The fourth-order valence-corrected chi connectivity index (χ4v) is 3.21. The average molecular weight is 366 g/mol. The van der Waals surface area contributed by atoms with Crippen molar-refractivity contribution in [2.45, 2.75) is 6.92 Å². The van der Waals surface area contributed by atoms with Crippen LogP contribution < -0.4 is 5.32 Å². The predicted octanol–water partition coefficient (Wildman–Crippen LogP) is 4.18. The van der Waals surface area contributed by atoms with Gasteiger partial charge in [0.15, 0.2) is 0 Å². The van der Waals surface area contributed by atoms with E-state index < -0.39 is 0 Å². The van der Waals surface area contributed by atoms with Crippen LogP contribution in [0.1, 0.15) is 16.1 Å². The van der Waals surface area contributed by atoms with E-state index in [1.807, 2.05) is 48.5 Å². The summed E-state index contributed by atoms with van der Waals surface area (Å²) in [6.07, 6.45) is 0. The number of nitrogens with zero attached hydrogens (tertiary/aromatic N) is 3. The summed E-state index contributed by atoms with van der Waals surface area (Å²) in [7, 11) is 1.70. The fourth-order valence-electron chi connectivity index (χ4n) is 2.95. The number of aromatic amines is 1. The fraction of sp³-hybridized carbons (Fsp3) is 0.105. The SMILES string of the molecule is Cc1nn(C)c(Cl)c1C(=O)Nc1ccccc1-c1nc2ccccc2[nH]1. The molecule has 2 heterocycles. The number of hydrogen-bond donors (Lipinski definition) is 2. The van der Waals surface area contributed by atoms with Crippen molar-refractivity contribution >= 4 is 34.2 Å². The molecule has 7 heteroatoms. The molecule has 6 nitrogen and oxygen atoms in total. The highest BCUT2D eigenvalue weighted by molar-refractivity contribution is 6.33. The molecule has 0 aliphatic rings. The summed E-state index contributed by atoms with van der Waals surface area (Å²) in [5.41, 5.74) is 4.21. The molecule has 2 aromatic carbocycles. The van der Waals surface area contributed by atoms with E-state index in [9.17, 15) is 4.79 Å². The topological polar surface area (TPSA) is 75.6 Å². The van der Waals surface area contributed by atoms with Crippen LogP contribution in [0.25, 0.3) is 22.4 Å². The van der Waals surface area contributed by atoms with E-state index in [0.29, 0.717) is 27.9 Å². The van der Waals surface area contributed by atoms with E-state index in [1.165, 1.54) is 4.68 Å². The summed E-state index contributed by atoms with van der Waals surface area (Å²) < 4.78 is 1.48. The number of anilines is 1. The van der Waals surface area contributed by atoms with Crippen molar-refractivity contribution < 1.29 is 4.79 Å². The Morgan fingerprint density at radius 1 is 1.15 bits per heavy atom. The van der Waals surface area contributed by atoms with Crippen LogP contribution in [-0.4, -0.2) is 25.7 Å². The Kier molecular flexibility index (Phi) is 3.97. The summed E-state index contributed by atoms with van der Waals surface area (Å²) in [5, 5.41) is 7.42. The number of aryl methyl sites for hydroxylation is 2. The molecule has 0 saturated carbocycles. The van der Waals surface area contributed by atoms with Crippen molar-refractivity contribution in [2.24, 2.45) is 7.05 Å². The molecule has 0 bridgehead atoms. The van der Waals surface area contributed by atoms with E-state index in [4.69, 9.17) is 11.6 Å². The molecule has 0 radical (unpaired) electrons. The molecule has 0 spiro atoms. The first-order valence-corrected chi connectivity index (χ1v) is 8.47. The molecule has 4 rings (SSSR count). The number of hydrogen-bond acceptors (Lipinski definition) is 3. The maximum atomic E-state index is 12.7. The minimum Gasteiger partial charge on any atom is -0.338 e. The number of carbonyl (C=O) groups excluding carboxylic acids is 1. The summed E-state index contributed by atoms with van der Waals surface area (Å²) in [4.78, 5) is 20.6. The molecule has 2 aromatic heterocycles. The molecule has 2 N–H and O–H groups in total. The van der Waals surface area contributed by atoms with Gasteiger partial charge in [0, 0.05) is 12.6 Å². The largest absolute Gasteiger partial charge is 0.338 e. The number of fused-ring (bicyclic) bond motifs is 1. The van der Waals surface area contributed by atoms with Gasteiger partial charge >= 0.3 is 0 Å². The first kappa shape index (κ1) is 16.4. The number of nitrogens with one attached hydrogen (secondary N) is 2. The van der Waals surface area contributed by atoms with Crippen LogP contribution in [0.3, 0.4) is 0 Å². The Morgan fingerprint density at radius 3 is 2.62 bits per heavy atom. The quantitative estimate of drug-likeness (QED) is 0.572. The van der Waals surface area contributed by atoms with Gasteiger partial charge in [-0.2, -0.15) is 5.10 Å². The Balaban J connectivity index is 1.73. The second-order valence-corrected chi connectivity index (χ2v) is 6.34. The monoisotopic (exact) mass is 365 g/mol. The lowest BCUT2D eigenvalue weighted by Gasteiger charge is -2.09. The lowest BCUT2D eigenvalue weighted by atomic mass is 10.1. The van der Waals surface area contributed by atoms with Crippen LogP contribution in [0.5, 0.6) is 0 Å².